The molecule has 0 saturated heterocycles. The van der Waals surface area contributed by atoms with Gasteiger partial charge in [0.05, 0.1) is 11.2 Å². The second-order valence-electron chi connectivity index (χ2n) is 3.15. The lowest BCUT2D eigenvalue weighted by Gasteiger charge is -2.05. The van der Waals surface area contributed by atoms with Crippen LogP contribution in [-0.2, 0) is 0 Å². The Hall–Kier alpha value is -1.32. The molecular formula is C11H6Cl2FNO. The number of halogens is 3. The van der Waals surface area contributed by atoms with Crippen LogP contribution in [0.4, 0.5) is 4.39 Å². The minimum absolute atomic E-state index is 0.0605. The largest absolute Gasteiger partial charge is 0.506 e. The molecule has 0 amide bonds. The van der Waals surface area contributed by atoms with Gasteiger partial charge in [-0.25, -0.2) is 9.37 Å². The van der Waals surface area contributed by atoms with Crippen molar-refractivity contribution in [3.63, 3.8) is 0 Å². The highest BCUT2D eigenvalue weighted by molar-refractivity contribution is 6.35. The molecule has 1 aromatic carbocycles. The molecule has 0 radical (unpaired) electrons. The Labute approximate surface area is 101 Å². The molecule has 0 fully saturated rings. The van der Waals surface area contributed by atoms with Gasteiger partial charge in [0.15, 0.2) is 5.82 Å². The number of nitrogens with zero attached hydrogens (tertiary/aromatic N) is 1. The van der Waals surface area contributed by atoms with Gasteiger partial charge in [-0.1, -0.05) is 23.2 Å². The van der Waals surface area contributed by atoms with E-state index in [-0.39, 0.29) is 11.4 Å². The molecule has 0 aliphatic heterocycles. The first kappa shape index (κ1) is 11.2. The number of rotatable bonds is 1. The van der Waals surface area contributed by atoms with Gasteiger partial charge in [0.2, 0.25) is 0 Å². The molecule has 0 aliphatic carbocycles. The van der Waals surface area contributed by atoms with Gasteiger partial charge in [-0.05, 0) is 18.2 Å². The average molecular weight is 258 g/mol. The third-order valence-electron chi connectivity index (χ3n) is 2.01. The molecular weight excluding hydrogens is 252 g/mol. The van der Waals surface area contributed by atoms with E-state index in [1.54, 1.807) is 12.1 Å². The van der Waals surface area contributed by atoms with Gasteiger partial charge in [0, 0.05) is 16.7 Å². The van der Waals surface area contributed by atoms with Gasteiger partial charge < -0.3 is 5.11 Å². The topological polar surface area (TPSA) is 33.1 Å². The molecule has 2 rings (SSSR count). The summed E-state index contributed by atoms with van der Waals surface area (Å²) < 4.78 is 13.5. The predicted molar refractivity (Wildman–Crippen MR) is 61.3 cm³/mol. The van der Waals surface area contributed by atoms with Gasteiger partial charge in [0.1, 0.15) is 11.4 Å². The van der Waals surface area contributed by atoms with Crippen molar-refractivity contribution in [2.24, 2.45) is 0 Å². The van der Waals surface area contributed by atoms with Crippen molar-refractivity contribution in [2.45, 2.75) is 0 Å². The zero-order valence-electron chi connectivity index (χ0n) is 7.92. The van der Waals surface area contributed by atoms with Crippen LogP contribution in [0.15, 0.2) is 30.5 Å². The van der Waals surface area contributed by atoms with Gasteiger partial charge >= 0.3 is 0 Å². The normalized spacial score (nSPS) is 10.4. The van der Waals surface area contributed by atoms with Crippen LogP contribution in [0.1, 0.15) is 0 Å². The van der Waals surface area contributed by atoms with Crippen LogP contribution in [0.5, 0.6) is 5.75 Å². The Morgan fingerprint density at radius 1 is 1.19 bits per heavy atom. The van der Waals surface area contributed by atoms with Crippen LogP contribution in [0.3, 0.4) is 0 Å². The summed E-state index contributed by atoms with van der Waals surface area (Å²) in [5.74, 6) is -0.886. The Kier molecular flexibility index (Phi) is 2.99. The maximum Gasteiger partial charge on any atom is 0.153 e. The lowest BCUT2D eigenvalue weighted by atomic mass is 10.1. The van der Waals surface area contributed by atoms with Crippen LogP contribution >= 0.6 is 23.2 Å². The highest BCUT2D eigenvalue weighted by atomic mass is 35.5. The molecule has 5 heteroatoms. The van der Waals surface area contributed by atoms with Crippen molar-refractivity contribution in [3.05, 3.63) is 46.3 Å². The van der Waals surface area contributed by atoms with E-state index in [9.17, 15) is 4.39 Å². The Morgan fingerprint density at radius 3 is 2.62 bits per heavy atom. The van der Waals surface area contributed by atoms with Gasteiger partial charge in [-0.3, -0.25) is 0 Å². The second kappa shape index (κ2) is 4.28. The molecule has 0 spiro atoms. The van der Waals surface area contributed by atoms with E-state index in [2.05, 4.69) is 4.98 Å². The lowest BCUT2D eigenvalue weighted by Crippen LogP contribution is -1.89. The van der Waals surface area contributed by atoms with Crippen molar-refractivity contribution < 1.29 is 9.50 Å². The van der Waals surface area contributed by atoms with Gasteiger partial charge in [-0.15, -0.1) is 0 Å². The number of hydrogen-bond donors (Lipinski definition) is 1. The molecule has 0 aliphatic rings. The van der Waals surface area contributed by atoms with Crippen molar-refractivity contribution in [3.8, 4) is 17.0 Å². The highest BCUT2D eigenvalue weighted by Crippen LogP contribution is 2.31. The van der Waals surface area contributed by atoms with E-state index in [1.807, 2.05) is 0 Å². The number of hydrogen-bond acceptors (Lipinski definition) is 2. The third kappa shape index (κ3) is 2.10. The van der Waals surface area contributed by atoms with Gasteiger partial charge in [0.25, 0.3) is 0 Å². The van der Waals surface area contributed by atoms with Crippen LogP contribution in [0.25, 0.3) is 11.3 Å². The van der Waals surface area contributed by atoms with E-state index in [1.165, 1.54) is 6.07 Å². The van der Waals surface area contributed by atoms with E-state index < -0.39 is 5.82 Å². The number of benzene rings is 1. The molecule has 2 nitrogen and oxygen atoms in total. The summed E-state index contributed by atoms with van der Waals surface area (Å²) in [5.41, 5.74) is 0.456. The summed E-state index contributed by atoms with van der Waals surface area (Å²) in [4.78, 5) is 3.78. The summed E-state index contributed by atoms with van der Waals surface area (Å²) in [7, 11) is 0. The predicted octanol–water partition coefficient (Wildman–Crippen LogP) is 3.90. The number of aromatic nitrogens is 1. The molecule has 1 N–H and O–H groups in total. The van der Waals surface area contributed by atoms with Crippen LogP contribution in [0.2, 0.25) is 10.0 Å². The summed E-state index contributed by atoms with van der Waals surface area (Å²) >= 11 is 11.7. The SMILES string of the molecule is Oc1cnc(-c2cc(Cl)ccc2Cl)c(F)c1. The fourth-order valence-corrected chi connectivity index (χ4v) is 1.68. The standard InChI is InChI=1S/C11H6Cl2FNO/c12-6-1-2-9(13)8(3-6)11-10(14)4-7(16)5-15-11/h1-5,16H. The smallest absolute Gasteiger partial charge is 0.153 e. The minimum Gasteiger partial charge on any atom is -0.506 e. The molecule has 0 saturated carbocycles. The Bertz CT molecular complexity index is 546. The van der Waals surface area contributed by atoms with Gasteiger partial charge in [-0.2, -0.15) is 0 Å². The quantitative estimate of drug-likeness (QED) is 0.841. The summed E-state index contributed by atoms with van der Waals surface area (Å²) in [6.07, 6.45) is 1.15. The number of pyridine rings is 1. The first-order valence-corrected chi connectivity index (χ1v) is 5.13. The third-order valence-corrected chi connectivity index (χ3v) is 2.57. The zero-order valence-corrected chi connectivity index (χ0v) is 9.43. The van der Waals surface area contributed by atoms with Crippen LogP contribution < -0.4 is 0 Å². The zero-order chi connectivity index (χ0) is 11.7. The molecule has 0 unspecified atom stereocenters. The van der Waals surface area contributed by atoms with Crippen LogP contribution in [-0.4, -0.2) is 10.1 Å². The maximum atomic E-state index is 13.5. The molecule has 2 aromatic rings. The number of aromatic hydroxyl groups is 1. The lowest BCUT2D eigenvalue weighted by molar-refractivity contribution is 0.466. The van der Waals surface area contributed by atoms with Crippen molar-refractivity contribution in [1.29, 1.82) is 0 Å². The second-order valence-corrected chi connectivity index (χ2v) is 3.99. The summed E-state index contributed by atoms with van der Waals surface area (Å²) in [6.45, 7) is 0. The summed E-state index contributed by atoms with van der Waals surface area (Å²) in [6, 6.07) is 5.66. The highest BCUT2D eigenvalue weighted by Gasteiger charge is 2.11. The molecule has 1 heterocycles. The van der Waals surface area contributed by atoms with Crippen molar-refractivity contribution in [2.75, 3.05) is 0 Å². The fraction of sp³-hybridized carbons (Fsp3) is 0. The average Bonchev–Trinajstić information content (AvgIpc) is 2.22. The monoisotopic (exact) mass is 257 g/mol. The van der Waals surface area contributed by atoms with E-state index in [4.69, 9.17) is 28.3 Å². The summed E-state index contributed by atoms with van der Waals surface area (Å²) in [5, 5.41) is 9.83. The Morgan fingerprint density at radius 2 is 1.94 bits per heavy atom. The molecule has 0 bridgehead atoms. The minimum atomic E-state index is -0.649. The molecule has 82 valence electrons. The molecule has 16 heavy (non-hydrogen) atoms. The molecule has 1 aromatic heterocycles. The molecule has 0 atom stereocenters. The van der Waals surface area contributed by atoms with Crippen molar-refractivity contribution >= 4 is 23.2 Å². The Balaban J connectivity index is 2.62. The first-order chi connectivity index (χ1) is 7.58. The van der Waals surface area contributed by atoms with Crippen LogP contribution in [0, 0.1) is 5.82 Å². The van der Waals surface area contributed by atoms with E-state index >= 15 is 0 Å². The van der Waals surface area contributed by atoms with E-state index in [0.717, 1.165) is 12.3 Å². The first-order valence-electron chi connectivity index (χ1n) is 4.38. The van der Waals surface area contributed by atoms with Crippen molar-refractivity contribution in [1.82, 2.24) is 4.98 Å². The fourth-order valence-electron chi connectivity index (χ4n) is 1.30. The maximum absolute atomic E-state index is 13.5. The van der Waals surface area contributed by atoms with E-state index in [0.29, 0.717) is 15.6 Å².